The lowest BCUT2D eigenvalue weighted by molar-refractivity contribution is -0.142. The highest BCUT2D eigenvalue weighted by Crippen LogP contribution is 2.25. The first-order valence-electron chi connectivity index (χ1n) is 11.1. The number of benzene rings is 1. The maximum absolute atomic E-state index is 12.8. The van der Waals surface area contributed by atoms with Gasteiger partial charge in [0, 0.05) is 37.8 Å². The van der Waals surface area contributed by atoms with E-state index in [0.717, 1.165) is 12.8 Å². The van der Waals surface area contributed by atoms with E-state index in [2.05, 4.69) is 5.32 Å². The minimum absolute atomic E-state index is 0.0379. The smallest absolute Gasteiger partial charge is 0.261 e. The van der Waals surface area contributed by atoms with Gasteiger partial charge >= 0.3 is 0 Å². The lowest BCUT2D eigenvalue weighted by atomic mass is 10.0. The molecule has 166 valence electrons. The van der Waals surface area contributed by atoms with Crippen LogP contribution in [-0.2, 0) is 9.53 Å². The first-order valence-corrected chi connectivity index (χ1v) is 11.1. The summed E-state index contributed by atoms with van der Waals surface area (Å²) in [5.41, 5.74) is 1.00. The Morgan fingerprint density at radius 1 is 1.10 bits per heavy atom. The predicted octanol–water partition coefficient (Wildman–Crippen LogP) is 1.84. The minimum atomic E-state index is -0.343. The summed E-state index contributed by atoms with van der Waals surface area (Å²) in [4.78, 5) is 53.4. The molecule has 4 rings (SSSR count). The van der Waals surface area contributed by atoms with Gasteiger partial charge in [-0.2, -0.15) is 0 Å². The Kier molecular flexibility index (Phi) is 6.09. The zero-order valence-electron chi connectivity index (χ0n) is 18.1. The van der Waals surface area contributed by atoms with Crippen LogP contribution in [0.1, 0.15) is 70.6 Å². The molecular weight excluding hydrogens is 398 g/mol. The van der Waals surface area contributed by atoms with Crippen LogP contribution in [0.5, 0.6) is 0 Å². The maximum atomic E-state index is 12.8. The van der Waals surface area contributed by atoms with Crippen LogP contribution in [0.2, 0.25) is 0 Å². The summed E-state index contributed by atoms with van der Waals surface area (Å²) in [5, 5.41) is 3.01. The lowest BCUT2D eigenvalue weighted by Crippen LogP contribution is -2.49. The van der Waals surface area contributed by atoms with Gasteiger partial charge in [0.2, 0.25) is 0 Å². The molecule has 3 aliphatic heterocycles. The Labute approximate surface area is 181 Å². The van der Waals surface area contributed by atoms with Crippen molar-refractivity contribution in [2.45, 2.75) is 51.7 Å². The van der Waals surface area contributed by atoms with Crippen LogP contribution < -0.4 is 5.32 Å². The van der Waals surface area contributed by atoms with Gasteiger partial charge in [-0.15, -0.1) is 0 Å². The van der Waals surface area contributed by atoms with E-state index >= 15 is 0 Å². The monoisotopic (exact) mass is 427 g/mol. The molecule has 1 aromatic carbocycles. The van der Waals surface area contributed by atoms with E-state index < -0.39 is 0 Å². The number of nitrogens with zero attached hydrogens (tertiary/aromatic N) is 2. The molecule has 2 fully saturated rings. The van der Waals surface area contributed by atoms with Crippen LogP contribution in [0.4, 0.5) is 0 Å². The van der Waals surface area contributed by atoms with Crippen molar-refractivity contribution in [1.29, 1.82) is 0 Å². The molecule has 3 heterocycles. The van der Waals surface area contributed by atoms with Crippen molar-refractivity contribution in [2.24, 2.45) is 5.92 Å². The summed E-state index contributed by atoms with van der Waals surface area (Å²) >= 11 is 0. The first-order chi connectivity index (χ1) is 14.8. The standard InChI is InChI=1S/C23H29N3O5/c1-14(2)13-26-21(28)17-6-5-15(12-18(17)22(26)29)20(27)24-16-7-9-25(10-8-16)23(30)19-4-3-11-31-19/h5-6,12,14,16,19H,3-4,7-11,13H2,1-2H3,(H,24,27). The van der Waals surface area contributed by atoms with E-state index in [1.807, 2.05) is 18.7 Å². The highest BCUT2D eigenvalue weighted by Gasteiger charge is 2.36. The number of carbonyl (C=O) groups is 4. The molecule has 1 aromatic rings. The van der Waals surface area contributed by atoms with Gasteiger partial charge in [0.05, 0.1) is 11.1 Å². The molecule has 0 radical (unpaired) electrons. The SMILES string of the molecule is CC(C)CN1C(=O)c2ccc(C(=O)NC3CCN(C(=O)C4CCCO4)CC3)cc2C1=O. The number of fused-ring (bicyclic) bond motifs is 1. The average molecular weight is 428 g/mol. The topological polar surface area (TPSA) is 96.0 Å². The summed E-state index contributed by atoms with van der Waals surface area (Å²) in [7, 11) is 0. The van der Waals surface area contributed by atoms with E-state index in [-0.39, 0.29) is 47.3 Å². The van der Waals surface area contributed by atoms with Gasteiger partial charge in [-0.25, -0.2) is 0 Å². The molecule has 1 N–H and O–H groups in total. The van der Waals surface area contributed by atoms with Crippen LogP contribution in [0.3, 0.4) is 0 Å². The second-order valence-electron chi connectivity index (χ2n) is 8.95. The van der Waals surface area contributed by atoms with Gasteiger partial charge in [-0.3, -0.25) is 24.1 Å². The molecular formula is C23H29N3O5. The van der Waals surface area contributed by atoms with Gasteiger partial charge in [0.25, 0.3) is 23.6 Å². The minimum Gasteiger partial charge on any atom is -0.368 e. The van der Waals surface area contributed by atoms with Crippen LogP contribution in [0.25, 0.3) is 0 Å². The number of nitrogens with one attached hydrogen (secondary N) is 1. The van der Waals surface area contributed by atoms with Crippen molar-refractivity contribution in [2.75, 3.05) is 26.2 Å². The van der Waals surface area contributed by atoms with E-state index in [1.165, 1.54) is 11.0 Å². The number of rotatable bonds is 5. The number of likely N-dealkylation sites (tertiary alicyclic amines) is 1. The van der Waals surface area contributed by atoms with Gasteiger partial charge in [0.15, 0.2) is 0 Å². The number of hydrogen-bond acceptors (Lipinski definition) is 5. The number of piperidine rings is 1. The first kappa shape index (κ1) is 21.5. The van der Waals surface area contributed by atoms with Crippen LogP contribution in [0, 0.1) is 5.92 Å². The normalized spacial score (nSPS) is 21.7. The predicted molar refractivity (Wildman–Crippen MR) is 113 cm³/mol. The molecule has 3 aliphatic rings. The summed E-state index contributed by atoms with van der Waals surface area (Å²) in [6.07, 6.45) is 2.74. The van der Waals surface area contributed by atoms with Crippen molar-refractivity contribution >= 4 is 23.6 Å². The highest BCUT2D eigenvalue weighted by atomic mass is 16.5. The van der Waals surface area contributed by atoms with Crippen LogP contribution >= 0.6 is 0 Å². The Morgan fingerprint density at radius 2 is 1.81 bits per heavy atom. The van der Waals surface area contributed by atoms with Crippen molar-refractivity contribution in [3.8, 4) is 0 Å². The van der Waals surface area contributed by atoms with E-state index in [1.54, 1.807) is 12.1 Å². The van der Waals surface area contributed by atoms with Gasteiger partial charge < -0.3 is 15.0 Å². The number of hydrogen-bond donors (Lipinski definition) is 1. The molecule has 1 unspecified atom stereocenters. The molecule has 8 nitrogen and oxygen atoms in total. The van der Waals surface area contributed by atoms with E-state index in [9.17, 15) is 19.2 Å². The van der Waals surface area contributed by atoms with E-state index in [0.29, 0.717) is 50.2 Å². The van der Waals surface area contributed by atoms with Crippen LogP contribution in [0.15, 0.2) is 18.2 Å². The quantitative estimate of drug-likeness (QED) is 0.724. The third kappa shape index (κ3) is 4.35. The van der Waals surface area contributed by atoms with Gasteiger partial charge in [-0.1, -0.05) is 13.8 Å². The molecule has 31 heavy (non-hydrogen) atoms. The molecule has 0 saturated carbocycles. The Bertz CT molecular complexity index is 898. The molecule has 0 aliphatic carbocycles. The summed E-state index contributed by atoms with van der Waals surface area (Å²) in [6.45, 7) is 6.07. The third-order valence-corrected chi connectivity index (χ3v) is 6.13. The van der Waals surface area contributed by atoms with Crippen LogP contribution in [-0.4, -0.2) is 71.8 Å². The third-order valence-electron chi connectivity index (χ3n) is 6.13. The largest absolute Gasteiger partial charge is 0.368 e. The fourth-order valence-corrected chi connectivity index (χ4v) is 4.45. The molecule has 0 bridgehead atoms. The fraction of sp³-hybridized carbons (Fsp3) is 0.565. The summed E-state index contributed by atoms with van der Waals surface area (Å²) in [5.74, 6) is -0.694. The number of amides is 4. The van der Waals surface area contributed by atoms with Crippen molar-refractivity contribution < 1.29 is 23.9 Å². The average Bonchev–Trinajstić information content (AvgIpc) is 3.37. The molecule has 8 heteroatoms. The Morgan fingerprint density at radius 3 is 2.45 bits per heavy atom. The second kappa shape index (κ2) is 8.78. The summed E-state index contributed by atoms with van der Waals surface area (Å²) in [6, 6.07) is 4.63. The lowest BCUT2D eigenvalue weighted by Gasteiger charge is -2.33. The molecule has 1 atom stereocenters. The van der Waals surface area contributed by atoms with Gasteiger partial charge in [0.1, 0.15) is 6.10 Å². The molecule has 0 spiro atoms. The number of imide groups is 1. The molecule has 4 amide bonds. The number of carbonyl (C=O) groups excluding carboxylic acids is 4. The fourth-order valence-electron chi connectivity index (χ4n) is 4.45. The Balaban J connectivity index is 1.35. The maximum Gasteiger partial charge on any atom is 0.261 e. The summed E-state index contributed by atoms with van der Waals surface area (Å²) < 4.78 is 5.48. The van der Waals surface area contributed by atoms with Crippen molar-refractivity contribution in [3.05, 3.63) is 34.9 Å². The molecule has 2 saturated heterocycles. The van der Waals surface area contributed by atoms with Gasteiger partial charge in [-0.05, 0) is 49.8 Å². The van der Waals surface area contributed by atoms with Crippen molar-refractivity contribution in [3.63, 3.8) is 0 Å². The molecule has 0 aromatic heterocycles. The number of ether oxygens (including phenoxy) is 1. The second-order valence-corrected chi connectivity index (χ2v) is 8.95. The zero-order valence-corrected chi connectivity index (χ0v) is 18.1. The zero-order chi connectivity index (χ0) is 22.1. The van der Waals surface area contributed by atoms with E-state index in [4.69, 9.17) is 4.74 Å². The Hall–Kier alpha value is -2.74. The van der Waals surface area contributed by atoms with Crippen molar-refractivity contribution in [1.82, 2.24) is 15.1 Å². The highest BCUT2D eigenvalue weighted by molar-refractivity contribution is 6.22.